The van der Waals surface area contributed by atoms with E-state index in [4.69, 9.17) is 4.74 Å². The number of rotatable bonds is 8. The van der Waals surface area contributed by atoms with Crippen LogP contribution in [0.2, 0.25) is 0 Å². The summed E-state index contributed by atoms with van der Waals surface area (Å²) < 4.78 is 5.57. The van der Waals surface area contributed by atoms with Crippen LogP contribution in [0.25, 0.3) is 0 Å². The molecule has 0 aliphatic carbocycles. The Bertz CT molecular complexity index is 958. The SMILES string of the molecule is CCCCN1C(=O)CCC(C(=O)Nc2ccc(C(=O)NC)cc2)C1c1ccccc1OC. The lowest BCUT2D eigenvalue weighted by atomic mass is 9.83. The number of amides is 3. The van der Waals surface area contributed by atoms with E-state index < -0.39 is 12.0 Å². The molecule has 1 fully saturated rings. The first-order valence-electron chi connectivity index (χ1n) is 11.1. The van der Waals surface area contributed by atoms with Crippen molar-refractivity contribution in [3.8, 4) is 5.75 Å². The van der Waals surface area contributed by atoms with Crippen LogP contribution < -0.4 is 15.4 Å². The van der Waals surface area contributed by atoms with Gasteiger partial charge in [-0.2, -0.15) is 0 Å². The fourth-order valence-corrected chi connectivity index (χ4v) is 4.20. The van der Waals surface area contributed by atoms with Crippen LogP contribution in [0, 0.1) is 5.92 Å². The number of benzene rings is 2. The first kappa shape index (κ1) is 23.3. The summed E-state index contributed by atoms with van der Waals surface area (Å²) in [7, 11) is 3.17. The maximum absolute atomic E-state index is 13.4. The van der Waals surface area contributed by atoms with Gasteiger partial charge in [0.2, 0.25) is 11.8 Å². The van der Waals surface area contributed by atoms with Gasteiger partial charge in [-0.15, -0.1) is 0 Å². The highest BCUT2D eigenvalue weighted by Crippen LogP contribution is 2.41. The molecule has 1 aliphatic rings. The number of hydrogen-bond donors (Lipinski definition) is 2. The monoisotopic (exact) mass is 437 g/mol. The molecule has 7 nitrogen and oxygen atoms in total. The molecule has 1 saturated heterocycles. The minimum atomic E-state index is -0.417. The Labute approximate surface area is 189 Å². The first-order chi connectivity index (χ1) is 15.5. The second-order valence-corrected chi connectivity index (χ2v) is 7.92. The van der Waals surface area contributed by atoms with Gasteiger partial charge in [0.15, 0.2) is 0 Å². The fraction of sp³-hybridized carbons (Fsp3) is 0.400. The normalized spacial score (nSPS) is 18.2. The minimum absolute atomic E-state index is 0.0633. The number of piperidine rings is 1. The number of nitrogens with zero attached hydrogens (tertiary/aromatic N) is 1. The second-order valence-electron chi connectivity index (χ2n) is 7.92. The third-order valence-electron chi connectivity index (χ3n) is 5.90. The van der Waals surface area contributed by atoms with Gasteiger partial charge in [0.05, 0.1) is 19.1 Å². The third-order valence-corrected chi connectivity index (χ3v) is 5.90. The van der Waals surface area contributed by atoms with Crippen molar-refractivity contribution in [2.24, 2.45) is 5.92 Å². The summed E-state index contributed by atoms with van der Waals surface area (Å²) in [5.41, 5.74) is 1.97. The van der Waals surface area contributed by atoms with E-state index in [1.807, 2.05) is 29.2 Å². The van der Waals surface area contributed by atoms with Gasteiger partial charge in [0, 0.05) is 36.8 Å². The molecule has 2 atom stereocenters. The molecule has 7 heteroatoms. The topological polar surface area (TPSA) is 87.7 Å². The molecular formula is C25H31N3O4. The number of nitrogens with one attached hydrogen (secondary N) is 2. The molecule has 0 aromatic heterocycles. The summed E-state index contributed by atoms with van der Waals surface area (Å²) in [6.45, 7) is 2.68. The van der Waals surface area contributed by atoms with Crippen molar-refractivity contribution >= 4 is 23.4 Å². The molecule has 3 rings (SSSR count). The largest absolute Gasteiger partial charge is 0.496 e. The van der Waals surface area contributed by atoms with E-state index in [1.54, 1.807) is 38.4 Å². The van der Waals surface area contributed by atoms with Crippen LogP contribution in [0.5, 0.6) is 5.75 Å². The van der Waals surface area contributed by atoms with Crippen LogP contribution in [0.15, 0.2) is 48.5 Å². The Morgan fingerprint density at radius 2 is 1.84 bits per heavy atom. The summed E-state index contributed by atoms with van der Waals surface area (Å²) in [6, 6.07) is 13.9. The third kappa shape index (κ3) is 5.10. The molecule has 2 unspecified atom stereocenters. The van der Waals surface area contributed by atoms with Gasteiger partial charge in [-0.3, -0.25) is 14.4 Å². The predicted octanol–water partition coefficient (Wildman–Crippen LogP) is 3.77. The highest BCUT2D eigenvalue weighted by Gasteiger charge is 2.41. The Hall–Kier alpha value is -3.35. The van der Waals surface area contributed by atoms with E-state index in [0.717, 1.165) is 18.4 Å². The highest BCUT2D eigenvalue weighted by molar-refractivity contribution is 5.97. The molecule has 0 bridgehead atoms. The van der Waals surface area contributed by atoms with Gasteiger partial charge in [-0.05, 0) is 43.2 Å². The lowest BCUT2D eigenvalue weighted by Crippen LogP contribution is -2.47. The van der Waals surface area contributed by atoms with Crippen molar-refractivity contribution in [2.75, 3.05) is 26.0 Å². The Morgan fingerprint density at radius 3 is 2.50 bits per heavy atom. The standard InChI is InChI=1S/C25H31N3O4/c1-4-5-16-28-22(29)15-14-20(23(28)19-8-6-7-9-21(19)32-3)25(31)27-18-12-10-17(11-13-18)24(30)26-2/h6-13,20,23H,4-5,14-16H2,1-3H3,(H,26,30)(H,27,31). The zero-order valence-electron chi connectivity index (χ0n) is 18.9. The Balaban J connectivity index is 1.90. The molecule has 1 aliphatic heterocycles. The molecule has 1 heterocycles. The summed E-state index contributed by atoms with van der Waals surface area (Å²) >= 11 is 0. The maximum Gasteiger partial charge on any atom is 0.251 e. The van der Waals surface area contributed by atoms with Crippen LogP contribution in [0.1, 0.15) is 54.6 Å². The van der Waals surface area contributed by atoms with Crippen LogP contribution in [-0.2, 0) is 9.59 Å². The van der Waals surface area contributed by atoms with Crippen molar-refractivity contribution < 1.29 is 19.1 Å². The van der Waals surface area contributed by atoms with Crippen molar-refractivity contribution in [3.05, 3.63) is 59.7 Å². The number of likely N-dealkylation sites (tertiary alicyclic amines) is 1. The summed E-state index contributed by atoms with van der Waals surface area (Å²) in [5.74, 6) is -0.0201. The molecule has 0 radical (unpaired) electrons. The minimum Gasteiger partial charge on any atom is -0.496 e. The molecule has 170 valence electrons. The lowest BCUT2D eigenvalue weighted by Gasteiger charge is -2.41. The zero-order chi connectivity index (χ0) is 23.1. The Kier molecular flexibility index (Phi) is 7.87. The number of unbranched alkanes of at least 4 members (excludes halogenated alkanes) is 1. The molecule has 2 aromatic rings. The number of carbonyl (C=O) groups is 3. The summed E-state index contributed by atoms with van der Waals surface area (Å²) in [5, 5.41) is 5.55. The second kappa shape index (κ2) is 10.8. The fourth-order valence-electron chi connectivity index (χ4n) is 4.20. The van der Waals surface area contributed by atoms with Crippen LogP contribution >= 0.6 is 0 Å². The molecule has 2 N–H and O–H groups in total. The van der Waals surface area contributed by atoms with Crippen molar-refractivity contribution in [1.82, 2.24) is 10.2 Å². The quantitative estimate of drug-likeness (QED) is 0.658. The van der Waals surface area contributed by atoms with E-state index >= 15 is 0 Å². The summed E-state index contributed by atoms with van der Waals surface area (Å²) in [4.78, 5) is 39.8. The molecular weight excluding hydrogens is 406 g/mol. The van der Waals surface area contributed by atoms with Crippen LogP contribution in [0.3, 0.4) is 0 Å². The number of anilines is 1. The van der Waals surface area contributed by atoms with E-state index in [2.05, 4.69) is 17.6 Å². The number of hydrogen-bond acceptors (Lipinski definition) is 4. The van der Waals surface area contributed by atoms with Gasteiger partial charge >= 0.3 is 0 Å². The molecule has 0 spiro atoms. The average molecular weight is 438 g/mol. The van der Waals surface area contributed by atoms with Gasteiger partial charge in [0.25, 0.3) is 5.91 Å². The maximum atomic E-state index is 13.4. The molecule has 0 saturated carbocycles. The lowest BCUT2D eigenvalue weighted by molar-refractivity contribution is -0.142. The number of carbonyl (C=O) groups excluding carboxylic acids is 3. The number of methoxy groups -OCH3 is 1. The zero-order valence-corrected chi connectivity index (χ0v) is 18.9. The van der Waals surface area contributed by atoms with Gasteiger partial charge in [0.1, 0.15) is 5.75 Å². The molecule has 3 amide bonds. The van der Waals surface area contributed by atoms with Gasteiger partial charge < -0.3 is 20.3 Å². The number of ether oxygens (including phenoxy) is 1. The van der Waals surface area contributed by atoms with Crippen LogP contribution in [-0.4, -0.2) is 43.3 Å². The molecule has 32 heavy (non-hydrogen) atoms. The van der Waals surface area contributed by atoms with Crippen LogP contribution in [0.4, 0.5) is 5.69 Å². The van der Waals surface area contributed by atoms with Gasteiger partial charge in [-0.25, -0.2) is 0 Å². The van der Waals surface area contributed by atoms with E-state index in [9.17, 15) is 14.4 Å². The van der Waals surface area contributed by atoms with Crippen molar-refractivity contribution in [1.29, 1.82) is 0 Å². The smallest absolute Gasteiger partial charge is 0.251 e. The van der Waals surface area contributed by atoms with E-state index in [1.165, 1.54) is 0 Å². The first-order valence-corrected chi connectivity index (χ1v) is 11.1. The Morgan fingerprint density at radius 1 is 1.12 bits per heavy atom. The van der Waals surface area contributed by atoms with Crippen molar-refractivity contribution in [3.63, 3.8) is 0 Å². The molecule has 2 aromatic carbocycles. The van der Waals surface area contributed by atoms with Gasteiger partial charge in [-0.1, -0.05) is 31.5 Å². The summed E-state index contributed by atoms with van der Waals surface area (Å²) in [6.07, 6.45) is 2.62. The average Bonchev–Trinajstić information content (AvgIpc) is 2.82. The predicted molar refractivity (Wildman–Crippen MR) is 124 cm³/mol. The van der Waals surface area contributed by atoms with E-state index in [0.29, 0.717) is 36.4 Å². The van der Waals surface area contributed by atoms with E-state index in [-0.39, 0.29) is 17.7 Å². The highest BCUT2D eigenvalue weighted by atomic mass is 16.5. The van der Waals surface area contributed by atoms with Crippen molar-refractivity contribution in [2.45, 2.75) is 38.6 Å². The number of para-hydroxylation sites is 1.